The summed E-state index contributed by atoms with van der Waals surface area (Å²) in [6.45, 7) is 3.55. The molecule has 4 rings (SSSR count). The van der Waals surface area contributed by atoms with Gasteiger partial charge in [0.1, 0.15) is 18.0 Å². The van der Waals surface area contributed by atoms with E-state index in [0.29, 0.717) is 37.4 Å². The molecule has 4 aliphatic carbocycles. The van der Waals surface area contributed by atoms with Gasteiger partial charge in [-0.2, -0.15) is 0 Å². The van der Waals surface area contributed by atoms with E-state index in [4.69, 9.17) is 0 Å². The molecule has 0 aromatic heterocycles. The normalized spacial score (nSPS) is 53.6. The van der Waals surface area contributed by atoms with E-state index in [1.807, 2.05) is 6.92 Å². The Bertz CT molecular complexity index is 632. The third-order valence-corrected chi connectivity index (χ3v) is 9.17. The first kappa shape index (κ1) is 18.6. The van der Waals surface area contributed by atoms with E-state index in [2.05, 4.69) is 6.92 Å². The smallest absolute Gasteiger partial charge is 0.190 e. The molecule has 0 heterocycles. The Morgan fingerprint density at radius 2 is 1.92 bits per heavy atom. The van der Waals surface area contributed by atoms with Crippen LogP contribution in [-0.2, 0) is 9.59 Å². The third kappa shape index (κ3) is 2.20. The van der Waals surface area contributed by atoms with Crippen LogP contribution in [0.1, 0.15) is 65.2 Å². The average Bonchev–Trinajstić information content (AvgIpc) is 2.86. The number of aliphatic hydroxyl groups is 3. The second-order valence-corrected chi connectivity index (χ2v) is 9.99. The van der Waals surface area contributed by atoms with E-state index in [9.17, 15) is 24.9 Å². The second kappa shape index (κ2) is 5.86. The fourth-order valence-electron chi connectivity index (χ4n) is 7.76. The van der Waals surface area contributed by atoms with Gasteiger partial charge in [0, 0.05) is 18.3 Å². The van der Waals surface area contributed by atoms with Crippen LogP contribution in [0.2, 0.25) is 0 Å². The molecule has 0 unspecified atom stereocenters. The molecule has 0 aliphatic heterocycles. The van der Waals surface area contributed by atoms with Crippen LogP contribution in [0.3, 0.4) is 0 Å². The van der Waals surface area contributed by atoms with Crippen molar-refractivity contribution in [2.24, 2.45) is 34.5 Å². The molecule has 8 atom stereocenters. The van der Waals surface area contributed by atoms with Crippen LogP contribution in [-0.4, -0.2) is 45.2 Å². The first-order valence-corrected chi connectivity index (χ1v) is 10.2. The number of rotatable bonds is 2. The van der Waals surface area contributed by atoms with E-state index in [-0.39, 0.29) is 23.2 Å². The van der Waals surface area contributed by atoms with Crippen molar-refractivity contribution in [2.75, 3.05) is 6.61 Å². The van der Waals surface area contributed by atoms with Gasteiger partial charge in [0.25, 0.3) is 0 Å². The van der Waals surface area contributed by atoms with Gasteiger partial charge in [-0.1, -0.05) is 13.8 Å². The van der Waals surface area contributed by atoms with Crippen molar-refractivity contribution in [3.05, 3.63) is 0 Å². The molecule has 3 N–H and O–H groups in total. The van der Waals surface area contributed by atoms with Crippen LogP contribution in [0, 0.1) is 34.5 Å². The molecular formula is C21H32O5. The van der Waals surface area contributed by atoms with Gasteiger partial charge in [-0.3, -0.25) is 9.59 Å². The predicted octanol–water partition coefficient (Wildman–Crippen LogP) is 1.86. The van der Waals surface area contributed by atoms with Gasteiger partial charge >= 0.3 is 0 Å². The average molecular weight is 364 g/mol. The number of fused-ring (bicyclic) bond motifs is 5. The number of ketones is 2. The minimum Gasteiger partial charge on any atom is -0.393 e. The van der Waals surface area contributed by atoms with Crippen LogP contribution in [0.4, 0.5) is 0 Å². The van der Waals surface area contributed by atoms with Crippen molar-refractivity contribution < 1.29 is 24.9 Å². The highest BCUT2D eigenvalue weighted by molar-refractivity contribution is 5.89. The number of Topliss-reactive ketones (excluding diaryl/α,β-unsaturated/α-hetero) is 2. The first-order chi connectivity index (χ1) is 12.2. The summed E-state index contributed by atoms with van der Waals surface area (Å²) in [5, 5.41) is 31.8. The SMILES string of the molecule is C[C@]12CCC(=O)C[C@H]1CC[C@@H]1[C@H]2[C@@H](O)C[C@@]2(C)[C@@H]1CC[C@]2(O)C(=O)CO. The summed E-state index contributed by atoms with van der Waals surface area (Å²) in [5.74, 6) is 0.800. The van der Waals surface area contributed by atoms with Crippen molar-refractivity contribution >= 4 is 11.6 Å². The summed E-state index contributed by atoms with van der Waals surface area (Å²) in [7, 11) is 0. The molecule has 0 amide bonds. The van der Waals surface area contributed by atoms with Crippen molar-refractivity contribution in [1.29, 1.82) is 0 Å². The van der Waals surface area contributed by atoms with Gasteiger partial charge in [-0.15, -0.1) is 0 Å². The Balaban J connectivity index is 1.70. The molecular weight excluding hydrogens is 332 g/mol. The molecule has 0 aromatic carbocycles. The van der Waals surface area contributed by atoms with E-state index in [1.54, 1.807) is 0 Å². The van der Waals surface area contributed by atoms with Crippen LogP contribution >= 0.6 is 0 Å². The zero-order valence-corrected chi connectivity index (χ0v) is 15.9. The Labute approximate surface area is 155 Å². The van der Waals surface area contributed by atoms with Crippen LogP contribution < -0.4 is 0 Å². The van der Waals surface area contributed by atoms with Crippen LogP contribution in [0.5, 0.6) is 0 Å². The Hall–Kier alpha value is -0.780. The molecule has 0 aromatic rings. The highest BCUT2D eigenvalue weighted by atomic mass is 16.3. The summed E-state index contributed by atoms with van der Waals surface area (Å²) >= 11 is 0. The molecule has 4 aliphatic rings. The molecule has 4 saturated carbocycles. The van der Waals surface area contributed by atoms with E-state index < -0.39 is 29.5 Å². The fourth-order valence-corrected chi connectivity index (χ4v) is 7.76. The number of hydrogen-bond donors (Lipinski definition) is 3. The van der Waals surface area contributed by atoms with Crippen LogP contribution in [0.25, 0.3) is 0 Å². The van der Waals surface area contributed by atoms with Gasteiger partial charge in [-0.25, -0.2) is 0 Å². The summed E-state index contributed by atoms with van der Waals surface area (Å²) in [4.78, 5) is 24.3. The minimum absolute atomic E-state index is 0.0285. The van der Waals surface area contributed by atoms with E-state index >= 15 is 0 Å². The predicted molar refractivity (Wildman–Crippen MR) is 95.2 cm³/mol. The second-order valence-electron chi connectivity index (χ2n) is 9.99. The molecule has 0 saturated heterocycles. The standard InChI is InChI=1S/C21H32O5/c1-19-7-5-13(23)9-12(19)3-4-14-15-6-8-21(26,17(25)11-22)20(15,2)10-16(24)18(14)19/h12,14-16,18,22,24,26H,3-11H2,1-2H3/t12-,14+,15-,16+,18+,19+,20+,21+/m1/s1. The van der Waals surface area contributed by atoms with Crippen molar-refractivity contribution in [2.45, 2.75) is 76.9 Å². The monoisotopic (exact) mass is 364 g/mol. The summed E-state index contributed by atoms with van der Waals surface area (Å²) in [6, 6.07) is 0. The van der Waals surface area contributed by atoms with Gasteiger partial charge in [-0.05, 0) is 67.6 Å². The maximum absolute atomic E-state index is 12.4. The molecule has 0 radical (unpaired) electrons. The van der Waals surface area contributed by atoms with Gasteiger partial charge in [0.05, 0.1) is 6.10 Å². The van der Waals surface area contributed by atoms with E-state index in [0.717, 1.165) is 25.7 Å². The lowest BCUT2D eigenvalue weighted by atomic mass is 9.43. The zero-order chi connectivity index (χ0) is 18.9. The topological polar surface area (TPSA) is 94.8 Å². The van der Waals surface area contributed by atoms with Gasteiger partial charge in [0.15, 0.2) is 5.78 Å². The Morgan fingerprint density at radius 3 is 2.62 bits per heavy atom. The maximum Gasteiger partial charge on any atom is 0.190 e. The molecule has 0 spiro atoms. The zero-order valence-electron chi connectivity index (χ0n) is 15.9. The highest BCUT2D eigenvalue weighted by Gasteiger charge is 2.68. The number of carbonyl (C=O) groups excluding carboxylic acids is 2. The highest BCUT2D eigenvalue weighted by Crippen LogP contribution is 2.68. The minimum atomic E-state index is -1.53. The molecule has 4 fully saturated rings. The number of aliphatic hydroxyl groups excluding tert-OH is 2. The van der Waals surface area contributed by atoms with Gasteiger partial charge in [0.2, 0.25) is 0 Å². The maximum atomic E-state index is 12.4. The molecule has 0 bridgehead atoms. The van der Waals surface area contributed by atoms with Crippen molar-refractivity contribution in [1.82, 2.24) is 0 Å². The molecule has 5 nitrogen and oxygen atoms in total. The molecule has 5 heteroatoms. The summed E-state index contributed by atoms with van der Waals surface area (Å²) in [6.07, 6.45) is 5.02. The number of hydrogen-bond acceptors (Lipinski definition) is 5. The van der Waals surface area contributed by atoms with Crippen molar-refractivity contribution in [3.8, 4) is 0 Å². The fraction of sp³-hybridized carbons (Fsp3) is 0.905. The lowest BCUT2D eigenvalue weighted by Gasteiger charge is -2.62. The van der Waals surface area contributed by atoms with E-state index in [1.165, 1.54) is 0 Å². The Morgan fingerprint density at radius 1 is 1.19 bits per heavy atom. The largest absolute Gasteiger partial charge is 0.393 e. The van der Waals surface area contributed by atoms with Crippen molar-refractivity contribution in [3.63, 3.8) is 0 Å². The number of carbonyl (C=O) groups is 2. The lowest BCUT2D eigenvalue weighted by Crippen LogP contribution is -2.63. The quantitative estimate of drug-likeness (QED) is 0.695. The third-order valence-electron chi connectivity index (χ3n) is 9.17. The molecule has 146 valence electrons. The van der Waals surface area contributed by atoms with Gasteiger partial charge < -0.3 is 15.3 Å². The lowest BCUT2D eigenvalue weighted by molar-refractivity contribution is -0.198. The first-order valence-electron chi connectivity index (χ1n) is 10.2. The summed E-state index contributed by atoms with van der Waals surface area (Å²) in [5.41, 5.74) is -2.24. The van der Waals surface area contributed by atoms with Crippen LogP contribution in [0.15, 0.2) is 0 Å². The summed E-state index contributed by atoms with van der Waals surface area (Å²) < 4.78 is 0. The Kier molecular flexibility index (Phi) is 4.18. The molecule has 26 heavy (non-hydrogen) atoms.